The fourth-order valence-corrected chi connectivity index (χ4v) is 4.29. The van der Waals surface area contributed by atoms with Gasteiger partial charge in [0.15, 0.2) is 5.78 Å². The van der Waals surface area contributed by atoms with E-state index in [9.17, 15) is 9.59 Å². The summed E-state index contributed by atoms with van der Waals surface area (Å²) < 4.78 is 0. The van der Waals surface area contributed by atoms with Crippen LogP contribution in [0.5, 0.6) is 0 Å². The second kappa shape index (κ2) is 6.83. The zero-order valence-corrected chi connectivity index (χ0v) is 14.4. The molecule has 2 aliphatic heterocycles. The second-order valence-corrected chi connectivity index (χ2v) is 7.10. The molecule has 3 heteroatoms. The molecule has 4 rings (SSSR count). The van der Waals surface area contributed by atoms with Gasteiger partial charge in [0.05, 0.1) is 5.56 Å². The summed E-state index contributed by atoms with van der Waals surface area (Å²) in [4.78, 5) is 28.5. The van der Waals surface area contributed by atoms with Crippen LogP contribution in [-0.2, 0) is 0 Å². The molecule has 0 aromatic heterocycles. The van der Waals surface area contributed by atoms with E-state index in [-0.39, 0.29) is 23.7 Å². The fraction of sp³-hybridized carbons (Fsp3) is 0.364. The highest BCUT2D eigenvalue weighted by Crippen LogP contribution is 2.33. The van der Waals surface area contributed by atoms with Gasteiger partial charge in [0.2, 0.25) is 0 Å². The van der Waals surface area contributed by atoms with Gasteiger partial charge in [-0.2, -0.15) is 0 Å². The first-order valence-electron chi connectivity index (χ1n) is 9.25. The predicted molar refractivity (Wildman–Crippen MR) is 97.9 cm³/mol. The van der Waals surface area contributed by atoms with Crippen LogP contribution in [0.2, 0.25) is 0 Å². The number of amides is 1. The van der Waals surface area contributed by atoms with Crippen LogP contribution in [0.15, 0.2) is 54.6 Å². The van der Waals surface area contributed by atoms with Crippen molar-refractivity contribution in [2.45, 2.75) is 44.1 Å². The standard InChI is InChI=1S/C22H23NO2/c24-21-18(16-8-2-1-3-9-16)14-13-17-10-6-7-15-23(17)22(25)20-12-5-4-11-19(20)21/h1-5,8-9,11-12,17-18H,6-7,10,13-15H2/t17-,18-/m1/s1. The highest BCUT2D eigenvalue weighted by Gasteiger charge is 2.34. The van der Waals surface area contributed by atoms with Crippen molar-refractivity contribution in [1.82, 2.24) is 4.90 Å². The van der Waals surface area contributed by atoms with Crippen LogP contribution in [0, 0.1) is 0 Å². The van der Waals surface area contributed by atoms with Gasteiger partial charge < -0.3 is 4.90 Å². The molecule has 25 heavy (non-hydrogen) atoms. The van der Waals surface area contributed by atoms with Gasteiger partial charge in [0.1, 0.15) is 0 Å². The van der Waals surface area contributed by atoms with E-state index in [1.807, 2.05) is 59.5 Å². The van der Waals surface area contributed by atoms with Crippen LogP contribution in [-0.4, -0.2) is 29.2 Å². The molecule has 1 saturated heterocycles. The Labute approximate surface area is 148 Å². The Morgan fingerprint density at radius 3 is 2.28 bits per heavy atom. The minimum Gasteiger partial charge on any atom is -0.336 e. The smallest absolute Gasteiger partial charge is 0.254 e. The lowest BCUT2D eigenvalue weighted by Gasteiger charge is -2.36. The number of benzene rings is 2. The summed E-state index contributed by atoms with van der Waals surface area (Å²) in [6.07, 6.45) is 4.96. The Morgan fingerprint density at radius 2 is 1.48 bits per heavy atom. The van der Waals surface area contributed by atoms with Crippen molar-refractivity contribution in [2.24, 2.45) is 0 Å². The third-order valence-electron chi connectivity index (χ3n) is 5.62. The molecule has 0 saturated carbocycles. The summed E-state index contributed by atoms with van der Waals surface area (Å²) in [5.74, 6) is -0.0608. The maximum Gasteiger partial charge on any atom is 0.254 e. The average molecular weight is 333 g/mol. The minimum absolute atomic E-state index is 0.0300. The van der Waals surface area contributed by atoms with Crippen molar-refractivity contribution < 1.29 is 9.59 Å². The molecule has 2 aliphatic rings. The van der Waals surface area contributed by atoms with Crippen molar-refractivity contribution in [1.29, 1.82) is 0 Å². The van der Waals surface area contributed by atoms with Crippen molar-refractivity contribution >= 4 is 11.7 Å². The number of hydrogen-bond acceptors (Lipinski definition) is 2. The molecular weight excluding hydrogens is 310 g/mol. The van der Waals surface area contributed by atoms with E-state index in [1.54, 1.807) is 0 Å². The van der Waals surface area contributed by atoms with Crippen molar-refractivity contribution in [3.63, 3.8) is 0 Å². The Morgan fingerprint density at radius 1 is 0.760 bits per heavy atom. The summed E-state index contributed by atoms with van der Waals surface area (Å²) in [6.45, 7) is 0.808. The number of carbonyl (C=O) groups excluding carboxylic acids is 2. The van der Waals surface area contributed by atoms with Gasteiger partial charge in [0, 0.05) is 24.1 Å². The monoisotopic (exact) mass is 333 g/mol. The summed E-state index contributed by atoms with van der Waals surface area (Å²) >= 11 is 0. The average Bonchev–Trinajstić information content (AvgIpc) is 2.72. The highest BCUT2D eigenvalue weighted by molar-refractivity contribution is 6.10. The fourth-order valence-electron chi connectivity index (χ4n) is 4.29. The molecule has 2 aromatic rings. The largest absolute Gasteiger partial charge is 0.336 e. The quantitative estimate of drug-likeness (QED) is 0.773. The van der Waals surface area contributed by atoms with Crippen molar-refractivity contribution in [3.8, 4) is 0 Å². The molecule has 0 aliphatic carbocycles. The first-order chi connectivity index (χ1) is 12.3. The van der Waals surface area contributed by atoms with Gasteiger partial charge in [0.25, 0.3) is 5.91 Å². The van der Waals surface area contributed by atoms with E-state index in [4.69, 9.17) is 0 Å². The first kappa shape index (κ1) is 16.1. The summed E-state index contributed by atoms with van der Waals surface area (Å²) in [7, 11) is 0. The topological polar surface area (TPSA) is 37.4 Å². The van der Waals surface area contributed by atoms with Crippen molar-refractivity contribution in [3.05, 3.63) is 71.3 Å². The molecule has 128 valence electrons. The summed E-state index contributed by atoms with van der Waals surface area (Å²) in [5.41, 5.74) is 2.20. The number of rotatable bonds is 1. The first-order valence-corrected chi connectivity index (χ1v) is 9.25. The van der Waals surface area contributed by atoms with Gasteiger partial charge >= 0.3 is 0 Å². The number of hydrogen-bond donors (Lipinski definition) is 0. The zero-order chi connectivity index (χ0) is 17.2. The van der Waals surface area contributed by atoms with Crippen LogP contribution < -0.4 is 0 Å². The van der Waals surface area contributed by atoms with E-state index >= 15 is 0 Å². The van der Waals surface area contributed by atoms with Crippen LogP contribution in [0.3, 0.4) is 0 Å². The van der Waals surface area contributed by atoms with Crippen LogP contribution >= 0.6 is 0 Å². The lowest BCUT2D eigenvalue weighted by Crippen LogP contribution is -2.43. The van der Waals surface area contributed by atoms with Gasteiger partial charge in [-0.1, -0.05) is 48.5 Å². The Bertz CT molecular complexity index is 784. The molecule has 0 N–H and O–H groups in total. The molecule has 0 spiro atoms. The van der Waals surface area contributed by atoms with E-state index in [0.717, 1.165) is 37.8 Å². The number of fused-ring (bicyclic) bond motifs is 2. The maximum atomic E-state index is 13.3. The van der Waals surface area contributed by atoms with Crippen LogP contribution in [0.4, 0.5) is 0 Å². The van der Waals surface area contributed by atoms with Gasteiger partial charge in [-0.05, 0) is 43.7 Å². The number of nitrogens with zero attached hydrogens (tertiary/aromatic N) is 1. The molecular formula is C22H23NO2. The Kier molecular flexibility index (Phi) is 4.39. The second-order valence-electron chi connectivity index (χ2n) is 7.10. The lowest BCUT2D eigenvalue weighted by molar-refractivity contribution is 0.0600. The highest BCUT2D eigenvalue weighted by atomic mass is 16.2. The van der Waals surface area contributed by atoms with Gasteiger partial charge in [-0.3, -0.25) is 9.59 Å². The van der Waals surface area contributed by atoms with Gasteiger partial charge in [-0.15, -0.1) is 0 Å². The third-order valence-corrected chi connectivity index (χ3v) is 5.62. The molecule has 0 radical (unpaired) electrons. The van der Waals surface area contributed by atoms with Crippen LogP contribution in [0.25, 0.3) is 0 Å². The summed E-state index contributed by atoms with van der Waals surface area (Å²) in [6, 6.07) is 17.6. The molecule has 0 unspecified atom stereocenters. The van der Waals surface area contributed by atoms with Crippen LogP contribution in [0.1, 0.15) is 64.3 Å². The molecule has 1 amide bonds. The lowest BCUT2D eigenvalue weighted by atomic mass is 9.85. The maximum absolute atomic E-state index is 13.3. The van der Waals surface area contributed by atoms with E-state index in [0.29, 0.717) is 11.1 Å². The number of carbonyl (C=O) groups is 2. The molecule has 1 fully saturated rings. The molecule has 2 aromatic carbocycles. The van der Waals surface area contributed by atoms with Gasteiger partial charge in [-0.25, -0.2) is 0 Å². The SMILES string of the molecule is O=C1c2ccccc2C(=O)N2CCCC[C@@H]2CC[C@@H]1c1ccccc1. The number of ketones is 1. The van der Waals surface area contributed by atoms with E-state index in [1.165, 1.54) is 6.42 Å². The third kappa shape index (κ3) is 2.99. The molecule has 2 heterocycles. The molecule has 2 atom stereocenters. The Hall–Kier alpha value is -2.42. The summed E-state index contributed by atoms with van der Waals surface area (Å²) in [5, 5.41) is 0. The number of Topliss-reactive ketones (excluding diaryl/α,β-unsaturated/α-hetero) is 1. The van der Waals surface area contributed by atoms with Crippen molar-refractivity contribution in [2.75, 3.05) is 6.54 Å². The van der Waals surface area contributed by atoms with E-state index < -0.39 is 0 Å². The zero-order valence-electron chi connectivity index (χ0n) is 14.4. The molecule has 0 bridgehead atoms. The minimum atomic E-state index is -0.169. The normalized spacial score (nSPS) is 23.9. The number of piperidine rings is 1. The molecule has 3 nitrogen and oxygen atoms in total. The Balaban J connectivity index is 1.81. The van der Waals surface area contributed by atoms with E-state index in [2.05, 4.69) is 0 Å². The predicted octanol–water partition coefficient (Wildman–Crippen LogP) is 4.44.